The maximum atomic E-state index is 2.31. The summed E-state index contributed by atoms with van der Waals surface area (Å²) in [6.07, 6.45) is 21.8. The maximum Gasteiger partial charge on any atom is 0.286 e. The van der Waals surface area contributed by atoms with Crippen LogP contribution in [-0.2, 0) is 0 Å². The van der Waals surface area contributed by atoms with Gasteiger partial charge in [-0.3, -0.25) is 0 Å². The van der Waals surface area contributed by atoms with Gasteiger partial charge in [-0.1, -0.05) is 152 Å². The van der Waals surface area contributed by atoms with Crippen molar-refractivity contribution >= 4 is 93.2 Å². The monoisotopic (exact) mass is 668 g/mol. The molecular formula is C30H52S8+. The van der Waals surface area contributed by atoms with Gasteiger partial charge in [0.05, 0.1) is 8.47 Å². The molecule has 2 heterocycles. The quantitative estimate of drug-likeness (QED) is 0.0573. The second kappa shape index (κ2) is 24.3. The highest BCUT2D eigenvalue weighted by Gasteiger charge is 2.38. The lowest BCUT2D eigenvalue weighted by Crippen LogP contribution is -1.83. The van der Waals surface area contributed by atoms with Gasteiger partial charge in [-0.2, -0.15) is 0 Å². The molecule has 219 valence electrons. The van der Waals surface area contributed by atoms with Crippen LogP contribution in [0.3, 0.4) is 0 Å². The van der Waals surface area contributed by atoms with Gasteiger partial charge in [0.15, 0.2) is 4.58 Å². The highest BCUT2D eigenvalue weighted by atomic mass is 32.3. The predicted molar refractivity (Wildman–Crippen MR) is 194 cm³/mol. The minimum absolute atomic E-state index is 1.28. The SMILES string of the molecule is CCCCCCSC1=C(SCCCCCC)S[C](c2sc(SCCCCCC)c(SCCCCCC)[s+]2)S1. The molecule has 0 bridgehead atoms. The van der Waals surface area contributed by atoms with Crippen LogP contribution in [0.2, 0.25) is 0 Å². The van der Waals surface area contributed by atoms with Gasteiger partial charge in [-0.05, 0) is 37.2 Å². The van der Waals surface area contributed by atoms with E-state index >= 15 is 0 Å². The van der Waals surface area contributed by atoms with E-state index in [1.54, 1.807) is 25.7 Å². The third-order valence-corrected chi connectivity index (χ3v) is 18.1. The van der Waals surface area contributed by atoms with Crippen molar-refractivity contribution in [3.05, 3.63) is 17.2 Å². The third kappa shape index (κ3) is 15.4. The van der Waals surface area contributed by atoms with Crippen LogP contribution in [0.25, 0.3) is 0 Å². The van der Waals surface area contributed by atoms with Crippen LogP contribution in [0.1, 0.15) is 135 Å². The molecule has 1 aliphatic heterocycles. The fourth-order valence-electron chi connectivity index (χ4n) is 3.84. The lowest BCUT2D eigenvalue weighted by Gasteiger charge is -2.05. The molecule has 1 aliphatic rings. The largest absolute Gasteiger partial charge is 0.286 e. The van der Waals surface area contributed by atoms with Gasteiger partial charge in [0, 0.05) is 11.5 Å². The summed E-state index contributed by atoms with van der Waals surface area (Å²) < 4.78 is 9.54. The van der Waals surface area contributed by atoms with E-state index in [1.807, 2.05) is 0 Å². The molecule has 8 heteroatoms. The number of thioether (sulfide) groups is 6. The van der Waals surface area contributed by atoms with Crippen molar-refractivity contribution in [1.82, 2.24) is 0 Å². The van der Waals surface area contributed by atoms with Gasteiger partial charge in [-0.25, -0.2) is 0 Å². The number of rotatable bonds is 25. The standard InChI is InChI=1S/C30H52S8/c1-5-9-13-17-21-31-25-26(32-22-18-14-10-6-2)36-29(35-25)30-37-27(33-23-19-15-11-7-3)28(38-30)34-24-20-16-12-8-4/h5-24H2,1-4H3/q+1. The Balaban J connectivity index is 2.02. The van der Waals surface area contributed by atoms with E-state index in [2.05, 4.69) is 121 Å². The number of unbranched alkanes of at least 4 members (excludes halogenated alkanes) is 12. The fourth-order valence-corrected chi connectivity index (χ4v) is 16.1. The second-order valence-corrected chi connectivity index (χ2v) is 19.8. The van der Waals surface area contributed by atoms with Crippen LogP contribution in [0, 0.1) is 4.58 Å². The van der Waals surface area contributed by atoms with Crippen LogP contribution in [0.5, 0.6) is 0 Å². The van der Waals surface area contributed by atoms with Crippen molar-refractivity contribution < 1.29 is 0 Å². The molecule has 1 aromatic rings. The van der Waals surface area contributed by atoms with Crippen molar-refractivity contribution in [2.24, 2.45) is 0 Å². The summed E-state index contributed by atoms with van der Waals surface area (Å²) in [6, 6.07) is 0. The zero-order valence-electron chi connectivity index (χ0n) is 24.4. The van der Waals surface area contributed by atoms with Crippen molar-refractivity contribution in [1.29, 1.82) is 0 Å². The molecule has 0 aliphatic carbocycles. The molecule has 0 fully saturated rings. The van der Waals surface area contributed by atoms with Crippen molar-refractivity contribution in [3.63, 3.8) is 0 Å². The van der Waals surface area contributed by atoms with Crippen LogP contribution >= 0.6 is 93.2 Å². The van der Waals surface area contributed by atoms with Gasteiger partial charge < -0.3 is 0 Å². The Hall–Kier alpha value is 1.89. The molecule has 1 radical (unpaired) electrons. The smallest absolute Gasteiger partial charge is 0.118 e. The molecule has 2 rings (SSSR count). The molecule has 0 saturated carbocycles. The van der Waals surface area contributed by atoms with Crippen LogP contribution in [-0.4, -0.2) is 23.0 Å². The molecule has 0 atom stereocenters. The molecule has 0 nitrogen and oxygen atoms in total. The Morgan fingerprint density at radius 2 is 0.921 bits per heavy atom. The van der Waals surface area contributed by atoms with Crippen LogP contribution in [0.15, 0.2) is 16.9 Å². The summed E-state index contributed by atoms with van der Waals surface area (Å²) in [5.41, 5.74) is 0. The summed E-state index contributed by atoms with van der Waals surface area (Å²) in [7, 11) is 0. The van der Waals surface area contributed by atoms with E-state index in [1.165, 1.54) is 126 Å². The van der Waals surface area contributed by atoms with Gasteiger partial charge >= 0.3 is 0 Å². The molecule has 38 heavy (non-hydrogen) atoms. The Morgan fingerprint density at radius 3 is 1.37 bits per heavy atom. The average Bonchev–Trinajstić information content (AvgIpc) is 3.52. The molecule has 0 saturated heterocycles. The zero-order valence-corrected chi connectivity index (χ0v) is 30.9. The normalized spacial score (nSPS) is 14.3. The zero-order chi connectivity index (χ0) is 27.3. The Morgan fingerprint density at radius 1 is 0.500 bits per heavy atom. The average molecular weight is 669 g/mol. The van der Waals surface area contributed by atoms with Gasteiger partial charge in [0.2, 0.25) is 8.42 Å². The van der Waals surface area contributed by atoms with Crippen molar-refractivity contribution in [2.75, 3.05) is 23.0 Å². The van der Waals surface area contributed by atoms with E-state index in [4.69, 9.17) is 0 Å². The summed E-state index contributed by atoms with van der Waals surface area (Å²) >= 11 is 17.0. The fraction of sp³-hybridized carbons (Fsp3) is 0.800. The first kappa shape index (κ1) is 36.1. The summed E-state index contributed by atoms with van der Waals surface area (Å²) in [6.45, 7) is 9.24. The Kier molecular flexibility index (Phi) is 23.1. The predicted octanol–water partition coefficient (Wildman–Crippen LogP) is 14.5. The lowest BCUT2D eigenvalue weighted by atomic mass is 10.2. The van der Waals surface area contributed by atoms with Gasteiger partial charge in [0.25, 0.3) is 4.19 Å². The lowest BCUT2D eigenvalue weighted by molar-refractivity contribution is 0.706. The first-order chi connectivity index (χ1) is 18.7. The molecule has 0 aromatic carbocycles. The highest BCUT2D eigenvalue weighted by molar-refractivity contribution is 8.40. The summed E-state index contributed by atoms with van der Waals surface area (Å²) in [5.74, 6) is 5.12. The second-order valence-electron chi connectivity index (χ2n) is 9.77. The van der Waals surface area contributed by atoms with Gasteiger partial charge in [-0.15, -0.1) is 23.5 Å². The van der Waals surface area contributed by atoms with Crippen molar-refractivity contribution in [3.8, 4) is 0 Å². The van der Waals surface area contributed by atoms with E-state index < -0.39 is 0 Å². The minimum Gasteiger partial charge on any atom is -0.118 e. The molecular weight excluding hydrogens is 617 g/mol. The Labute approximate surface area is 270 Å². The molecule has 0 unspecified atom stereocenters. The first-order valence-corrected chi connectivity index (χ1v) is 22.4. The summed E-state index contributed by atoms with van der Waals surface area (Å²) in [5, 5.41) is 0. The number of hydrogen-bond donors (Lipinski definition) is 0. The molecule has 1 aromatic heterocycles. The van der Waals surface area contributed by atoms with Crippen LogP contribution in [0.4, 0.5) is 0 Å². The highest BCUT2D eigenvalue weighted by Crippen LogP contribution is 2.63. The van der Waals surface area contributed by atoms with E-state index in [0.29, 0.717) is 0 Å². The first-order valence-electron chi connectivity index (χ1n) is 15.2. The molecule has 0 spiro atoms. The number of hydrogen-bond acceptors (Lipinski definition) is 7. The topological polar surface area (TPSA) is 0 Å². The molecule has 0 amide bonds. The summed E-state index contributed by atoms with van der Waals surface area (Å²) in [4.78, 5) is 0. The van der Waals surface area contributed by atoms with E-state index in [-0.39, 0.29) is 0 Å². The van der Waals surface area contributed by atoms with E-state index in [9.17, 15) is 0 Å². The minimum atomic E-state index is 1.28. The van der Waals surface area contributed by atoms with Crippen molar-refractivity contribution in [2.45, 2.75) is 139 Å². The Bertz CT molecular complexity index is 687. The van der Waals surface area contributed by atoms with Gasteiger partial charge in [0.1, 0.15) is 22.7 Å². The van der Waals surface area contributed by atoms with E-state index in [0.717, 1.165) is 0 Å². The third-order valence-electron chi connectivity index (χ3n) is 6.17. The van der Waals surface area contributed by atoms with Crippen LogP contribution < -0.4 is 0 Å². The maximum absolute atomic E-state index is 2.31. The molecule has 0 N–H and O–H groups in total.